The number of aliphatic hydroxyl groups excluding tert-OH is 1. The number of imidazole rings is 1. The Labute approximate surface area is 166 Å². The molecule has 0 radical (unpaired) electrons. The van der Waals surface area contributed by atoms with Gasteiger partial charge in [0, 0.05) is 6.08 Å². The summed E-state index contributed by atoms with van der Waals surface area (Å²) in [5, 5.41) is 29.1. The van der Waals surface area contributed by atoms with Gasteiger partial charge >= 0.3 is 5.97 Å². The summed E-state index contributed by atoms with van der Waals surface area (Å²) in [4.78, 5) is 19.1. The lowest BCUT2D eigenvalue weighted by Crippen LogP contribution is -2.06. The lowest BCUT2D eigenvalue weighted by molar-refractivity contribution is -0.137. The first kappa shape index (κ1) is 19.5. The number of fused-ring (bicyclic) bond motifs is 1. The van der Waals surface area contributed by atoms with Gasteiger partial charge < -0.3 is 24.7 Å². The molecule has 2 aromatic carbocycles. The number of nitrogens with one attached hydrogen (secondary N) is 1. The summed E-state index contributed by atoms with van der Waals surface area (Å²) in [5.74, 6) is -0.693. The number of nitriles is 1. The van der Waals surface area contributed by atoms with E-state index in [4.69, 9.17) is 9.47 Å². The minimum atomic E-state index is -0.717. The maximum atomic E-state index is 11.9. The summed E-state index contributed by atoms with van der Waals surface area (Å²) in [6.07, 6.45) is 2.63. The first-order valence-corrected chi connectivity index (χ1v) is 8.51. The van der Waals surface area contributed by atoms with Gasteiger partial charge in [-0.15, -0.1) is 0 Å². The van der Waals surface area contributed by atoms with Crippen molar-refractivity contribution in [1.82, 2.24) is 9.97 Å². The maximum absolute atomic E-state index is 11.9. The number of carbonyl (C=O) groups is 1. The number of aromatic nitrogens is 2. The third-order valence-corrected chi connectivity index (χ3v) is 3.99. The Hall–Kier alpha value is -4.25. The average Bonchev–Trinajstić information content (AvgIpc) is 3.15. The van der Waals surface area contributed by atoms with Crippen molar-refractivity contribution >= 4 is 28.7 Å². The van der Waals surface area contributed by atoms with Crippen LogP contribution in [-0.4, -0.2) is 39.9 Å². The molecule has 0 atom stereocenters. The number of aromatic amines is 1. The number of hydrogen-bond donors (Lipinski definition) is 3. The Morgan fingerprint density at radius 3 is 2.83 bits per heavy atom. The van der Waals surface area contributed by atoms with Gasteiger partial charge in [0.25, 0.3) is 0 Å². The lowest BCUT2D eigenvalue weighted by Gasteiger charge is -2.04. The van der Waals surface area contributed by atoms with E-state index in [9.17, 15) is 20.3 Å². The minimum Gasteiger partial charge on any atom is -0.507 e. The van der Waals surface area contributed by atoms with E-state index in [1.54, 1.807) is 30.3 Å². The third kappa shape index (κ3) is 4.54. The fourth-order valence-electron chi connectivity index (χ4n) is 2.55. The van der Waals surface area contributed by atoms with E-state index < -0.39 is 18.3 Å². The molecule has 29 heavy (non-hydrogen) atoms. The van der Waals surface area contributed by atoms with E-state index in [0.717, 1.165) is 6.08 Å². The van der Waals surface area contributed by atoms with Gasteiger partial charge in [0.05, 0.1) is 18.1 Å². The van der Waals surface area contributed by atoms with E-state index in [2.05, 4.69) is 9.97 Å². The number of methoxy groups -OCH3 is 1. The molecule has 0 spiro atoms. The quantitative estimate of drug-likeness (QED) is 0.254. The molecule has 1 heterocycles. The van der Waals surface area contributed by atoms with Crippen LogP contribution in [0.3, 0.4) is 0 Å². The molecule has 146 valence electrons. The maximum Gasteiger partial charge on any atom is 0.331 e. The molecule has 0 bridgehead atoms. The number of phenolic OH excluding ortho intramolecular Hbond substituents is 1. The number of benzene rings is 2. The Bertz CT molecular complexity index is 1120. The van der Waals surface area contributed by atoms with Crippen LogP contribution in [0, 0.1) is 11.3 Å². The van der Waals surface area contributed by atoms with Crippen molar-refractivity contribution in [2.45, 2.75) is 0 Å². The molecule has 0 saturated carbocycles. The second-order valence-corrected chi connectivity index (χ2v) is 5.91. The van der Waals surface area contributed by atoms with Gasteiger partial charge in [-0.05, 0) is 35.9 Å². The number of aliphatic hydroxyl groups is 1. The van der Waals surface area contributed by atoms with Crippen molar-refractivity contribution in [3.8, 4) is 17.6 Å². The normalized spacial score (nSPS) is 11.9. The number of aromatic hydroxyl groups is 1. The SMILES string of the molecule is COc1cc(C=CC(=O)OCC(O)=C(C#N)c2nc3ccccc3[nH]2)ccc1O. The van der Waals surface area contributed by atoms with Crippen LogP contribution < -0.4 is 4.74 Å². The molecule has 8 nitrogen and oxygen atoms in total. The summed E-state index contributed by atoms with van der Waals surface area (Å²) in [5.41, 5.74) is 1.86. The predicted octanol–water partition coefficient (Wildman–Crippen LogP) is 3.33. The molecule has 0 saturated heterocycles. The number of para-hydroxylation sites is 2. The summed E-state index contributed by atoms with van der Waals surface area (Å²) in [7, 11) is 1.42. The van der Waals surface area contributed by atoms with Crippen LogP contribution in [0.4, 0.5) is 0 Å². The van der Waals surface area contributed by atoms with Gasteiger partial charge in [-0.2, -0.15) is 5.26 Å². The molecule has 3 N–H and O–H groups in total. The number of H-pyrrole nitrogens is 1. The number of ether oxygens (including phenoxy) is 2. The van der Waals surface area contributed by atoms with Crippen molar-refractivity contribution in [2.24, 2.45) is 0 Å². The van der Waals surface area contributed by atoms with Gasteiger partial charge in [-0.1, -0.05) is 18.2 Å². The Kier molecular flexibility index (Phi) is 5.80. The van der Waals surface area contributed by atoms with Gasteiger partial charge in [-0.25, -0.2) is 9.78 Å². The Morgan fingerprint density at radius 2 is 2.10 bits per heavy atom. The van der Waals surface area contributed by atoms with E-state index in [0.29, 0.717) is 16.6 Å². The zero-order valence-corrected chi connectivity index (χ0v) is 15.4. The standard InChI is InChI=1S/C21H17N3O5/c1-28-19-10-13(6-8-17(19)25)7-9-20(27)29-12-18(26)14(11-22)21-23-15-4-2-3-5-16(15)24-21/h2-10,25-26H,12H2,1H3,(H,23,24). The summed E-state index contributed by atoms with van der Waals surface area (Å²) >= 11 is 0. The lowest BCUT2D eigenvalue weighted by atomic mass is 10.2. The average molecular weight is 391 g/mol. The smallest absolute Gasteiger partial charge is 0.331 e. The number of esters is 1. The fourth-order valence-corrected chi connectivity index (χ4v) is 2.55. The molecule has 3 aromatic rings. The highest BCUT2D eigenvalue weighted by molar-refractivity contribution is 5.87. The fraction of sp³-hybridized carbons (Fsp3) is 0.0952. The first-order chi connectivity index (χ1) is 14.0. The van der Waals surface area contributed by atoms with Gasteiger partial charge in [0.2, 0.25) is 0 Å². The number of carbonyl (C=O) groups excluding carboxylic acids is 1. The molecule has 3 rings (SSSR count). The van der Waals surface area contributed by atoms with Crippen LogP contribution in [0.2, 0.25) is 0 Å². The Morgan fingerprint density at radius 1 is 1.31 bits per heavy atom. The van der Waals surface area contributed by atoms with Crippen LogP contribution in [0.1, 0.15) is 11.4 Å². The van der Waals surface area contributed by atoms with E-state index >= 15 is 0 Å². The van der Waals surface area contributed by atoms with Crippen molar-refractivity contribution in [3.05, 3.63) is 65.7 Å². The number of allylic oxidation sites excluding steroid dienone is 1. The molecule has 8 heteroatoms. The summed E-state index contributed by atoms with van der Waals surface area (Å²) in [6, 6.07) is 13.6. The molecule has 0 fully saturated rings. The van der Waals surface area contributed by atoms with E-state index in [1.807, 2.05) is 12.1 Å². The van der Waals surface area contributed by atoms with Crippen molar-refractivity contribution < 1.29 is 24.5 Å². The van der Waals surface area contributed by atoms with Gasteiger partial charge in [0.15, 0.2) is 23.1 Å². The van der Waals surface area contributed by atoms with Crippen LogP contribution in [0.5, 0.6) is 11.5 Å². The van der Waals surface area contributed by atoms with E-state index in [-0.39, 0.29) is 22.9 Å². The van der Waals surface area contributed by atoms with Gasteiger partial charge in [0.1, 0.15) is 18.2 Å². The number of rotatable bonds is 6. The zero-order chi connectivity index (χ0) is 20.8. The topological polar surface area (TPSA) is 128 Å². The minimum absolute atomic E-state index is 0.0168. The molecule has 0 unspecified atom stereocenters. The molecule has 0 aliphatic rings. The highest BCUT2D eigenvalue weighted by Gasteiger charge is 2.14. The molecule has 0 aliphatic heterocycles. The predicted molar refractivity (Wildman–Crippen MR) is 106 cm³/mol. The summed E-state index contributed by atoms with van der Waals surface area (Å²) < 4.78 is 9.97. The van der Waals surface area contributed by atoms with Crippen LogP contribution in [-0.2, 0) is 9.53 Å². The molecular formula is C21H17N3O5. The van der Waals surface area contributed by atoms with Gasteiger partial charge in [-0.3, -0.25) is 0 Å². The van der Waals surface area contributed by atoms with Crippen LogP contribution in [0.15, 0.2) is 54.3 Å². The molecular weight excluding hydrogens is 374 g/mol. The zero-order valence-electron chi connectivity index (χ0n) is 15.4. The first-order valence-electron chi connectivity index (χ1n) is 8.51. The highest BCUT2D eigenvalue weighted by atomic mass is 16.5. The van der Waals surface area contributed by atoms with Crippen LogP contribution >= 0.6 is 0 Å². The highest BCUT2D eigenvalue weighted by Crippen LogP contribution is 2.26. The van der Waals surface area contributed by atoms with Crippen molar-refractivity contribution in [1.29, 1.82) is 5.26 Å². The number of nitrogens with zero attached hydrogens (tertiary/aromatic N) is 2. The second kappa shape index (κ2) is 8.63. The molecule has 0 aliphatic carbocycles. The number of phenols is 1. The second-order valence-electron chi connectivity index (χ2n) is 5.91. The van der Waals surface area contributed by atoms with Crippen molar-refractivity contribution in [3.63, 3.8) is 0 Å². The van der Waals surface area contributed by atoms with E-state index in [1.165, 1.54) is 19.3 Å². The number of hydrogen-bond acceptors (Lipinski definition) is 7. The monoisotopic (exact) mass is 391 g/mol. The van der Waals surface area contributed by atoms with Crippen molar-refractivity contribution in [2.75, 3.05) is 13.7 Å². The largest absolute Gasteiger partial charge is 0.507 e. The molecule has 1 aromatic heterocycles. The third-order valence-electron chi connectivity index (χ3n) is 3.99. The van der Waals surface area contributed by atoms with Crippen LogP contribution in [0.25, 0.3) is 22.7 Å². The Balaban J connectivity index is 1.68. The molecule has 0 amide bonds. The summed E-state index contributed by atoms with van der Waals surface area (Å²) in [6.45, 7) is -0.484.